The normalized spacial score (nSPS) is 14.3. The summed E-state index contributed by atoms with van der Waals surface area (Å²) in [5.74, 6) is -2.75. The molecular formula is C20H30ClNO6. The van der Waals surface area contributed by atoms with Crippen molar-refractivity contribution in [3.63, 3.8) is 0 Å². The molecule has 1 heterocycles. The lowest BCUT2D eigenvalue weighted by atomic mass is 9.86. The minimum absolute atomic E-state index is 0.0108. The van der Waals surface area contributed by atoms with E-state index in [2.05, 4.69) is 25.7 Å². The number of carbonyl (C=O) groups is 2. The third kappa shape index (κ3) is 9.39. The summed E-state index contributed by atoms with van der Waals surface area (Å²) in [5.41, 5.74) is 1.15. The molecule has 0 unspecified atom stereocenters. The van der Waals surface area contributed by atoms with Crippen LogP contribution in [0.2, 0.25) is 5.02 Å². The third-order valence-corrected chi connectivity index (χ3v) is 4.40. The molecule has 28 heavy (non-hydrogen) atoms. The summed E-state index contributed by atoms with van der Waals surface area (Å²) in [4.78, 5) is 20.7. The predicted molar refractivity (Wildman–Crippen MR) is 107 cm³/mol. The quantitative estimate of drug-likeness (QED) is 0.521. The second-order valence-corrected chi connectivity index (χ2v) is 7.95. The molecule has 1 aliphatic rings. The van der Waals surface area contributed by atoms with Crippen molar-refractivity contribution in [3.8, 4) is 5.75 Å². The number of carboxylic acid groups (broad SMARTS) is 2. The van der Waals surface area contributed by atoms with E-state index in [0.29, 0.717) is 13.2 Å². The molecule has 0 saturated carbocycles. The zero-order valence-electron chi connectivity index (χ0n) is 16.7. The summed E-state index contributed by atoms with van der Waals surface area (Å²) < 4.78 is 11.6. The van der Waals surface area contributed by atoms with Gasteiger partial charge in [-0.1, -0.05) is 32.4 Å². The molecule has 1 fully saturated rings. The average molecular weight is 416 g/mol. The highest BCUT2D eigenvalue weighted by atomic mass is 35.5. The maximum atomic E-state index is 9.10. The van der Waals surface area contributed by atoms with Crippen molar-refractivity contribution in [2.24, 2.45) is 0 Å². The van der Waals surface area contributed by atoms with E-state index in [9.17, 15) is 0 Å². The number of hydrogen-bond donors (Lipinski definition) is 2. The van der Waals surface area contributed by atoms with E-state index < -0.39 is 11.9 Å². The molecule has 1 saturated heterocycles. The molecule has 8 heteroatoms. The molecule has 0 amide bonds. The van der Waals surface area contributed by atoms with Gasteiger partial charge in [-0.15, -0.1) is 0 Å². The highest BCUT2D eigenvalue weighted by molar-refractivity contribution is 6.30. The van der Waals surface area contributed by atoms with Crippen molar-refractivity contribution in [2.75, 3.05) is 39.5 Å². The van der Waals surface area contributed by atoms with Crippen LogP contribution in [-0.2, 0) is 19.7 Å². The molecule has 0 aromatic heterocycles. The van der Waals surface area contributed by atoms with Crippen molar-refractivity contribution < 1.29 is 29.3 Å². The molecule has 1 aromatic rings. The topological polar surface area (TPSA) is 96.3 Å². The number of ether oxygens (including phenoxy) is 2. The Hall–Kier alpha value is -1.83. The smallest absolute Gasteiger partial charge is 0.414 e. The SMILES string of the molecule is CC(C)(C)c1cc(Cl)ccc1OCCOCCN1CCCC1.O=C(O)C(=O)O. The molecule has 158 valence electrons. The molecular weight excluding hydrogens is 386 g/mol. The van der Waals surface area contributed by atoms with Crippen LogP contribution >= 0.6 is 11.6 Å². The maximum Gasteiger partial charge on any atom is 0.414 e. The van der Waals surface area contributed by atoms with E-state index in [0.717, 1.165) is 29.5 Å². The first-order chi connectivity index (χ1) is 13.1. The molecule has 2 rings (SSSR count). The summed E-state index contributed by atoms with van der Waals surface area (Å²) >= 11 is 6.10. The minimum Gasteiger partial charge on any atom is -0.491 e. The molecule has 0 bridgehead atoms. The van der Waals surface area contributed by atoms with Gasteiger partial charge in [-0.25, -0.2) is 9.59 Å². The van der Waals surface area contributed by atoms with Crippen LogP contribution in [0.5, 0.6) is 5.75 Å². The van der Waals surface area contributed by atoms with E-state index in [1.165, 1.54) is 25.9 Å². The summed E-state index contributed by atoms with van der Waals surface area (Å²) in [5, 5.41) is 15.5. The van der Waals surface area contributed by atoms with E-state index in [1.807, 2.05) is 18.2 Å². The zero-order chi connectivity index (χ0) is 21.2. The van der Waals surface area contributed by atoms with Gasteiger partial charge in [0.05, 0.1) is 13.2 Å². The Labute approximate surface area is 171 Å². The number of aliphatic carboxylic acids is 2. The van der Waals surface area contributed by atoms with Gasteiger partial charge in [0, 0.05) is 17.1 Å². The average Bonchev–Trinajstić information content (AvgIpc) is 3.12. The van der Waals surface area contributed by atoms with E-state index >= 15 is 0 Å². The summed E-state index contributed by atoms with van der Waals surface area (Å²) in [6, 6.07) is 5.82. The second-order valence-electron chi connectivity index (χ2n) is 7.51. The van der Waals surface area contributed by atoms with Crippen LogP contribution in [0.25, 0.3) is 0 Å². The Balaban J connectivity index is 0.000000568. The summed E-state index contributed by atoms with van der Waals surface area (Å²) in [7, 11) is 0. The zero-order valence-corrected chi connectivity index (χ0v) is 17.5. The highest BCUT2D eigenvalue weighted by Gasteiger charge is 2.19. The minimum atomic E-state index is -1.82. The van der Waals surface area contributed by atoms with Gasteiger partial charge in [0.15, 0.2) is 0 Å². The number of nitrogens with zero attached hydrogens (tertiary/aromatic N) is 1. The van der Waals surface area contributed by atoms with Crippen LogP contribution in [0.3, 0.4) is 0 Å². The van der Waals surface area contributed by atoms with E-state index in [-0.39, 0.29) is 5.41 Å². The molecule has 1 aromatic carbocycles. The Morgan fingerprint density at radius 1 is 1.07 bits per heavy atom. The Morgan fingerprint density at radius 3 is 2.21 bits per heavy atom. The van der Waals surface area contributed by atoms with E-state index in [1.54, 1.807) is 0 Å². The number of rotatable bonds is 7. The molecule has 0 spiro atoms. The van der Waals surface area contributed by atoms with Crippen molar-refractivity contribution in [3.05, 3.63) is 28.8 Å². The molecule has 0 aliphatic carbocycles. The number of carboxylic acids is 2. The fourth-order valence-electron chi connectivity index (χ4n) is 2.73. The van der Waals surface area contributed by atoms with Crippen molar-refractivity contribution in [2.45, 2.75) is 39.0 Å². The van der Waals surface area contributed by atoms with Crippen molar-refractivity contribution in [1.82, 2.24) is 4.90 Å². The number of benzene rings is 1. The lowest BCUT2D eigenvalue weighted by Crippen LogP contribution is -2.24. The highest BCUT2D eigenvalue weighted by Crippen LogP contribution is 2.33. The van der Waals surface area contributed by atoms with Gasteiger partial charge >= 0.3 is 11.9 Å². The van der Waals surface area contributed by atoms with Gasteiger partial charge in [0.1, 0.15) is 12.4 Å². The van der Waals surface area contributed by atoms with Gasteiger partial charge in [0.25, 0.3) is 0 Å². The predicted octanol–water partition coefficient (Wildman–Crippen LogP) is 3.28. The monoisotopic (exact) mass is 415 g/mol. The van der Waals surface area contributed by atoms with Gasteiger partial charge in [-0.2, -0.15) is 0 Å². The molecule has 1 aliphatic heterocycles. The Morgan fingerprint density at radius 2 is 1.68 bits per heavy atom. The van der Waals surface area contributed by atoms with Crippen molar-refractivity contribution in [1.29, 1.82) is 0 Å². The fourth-order valence-corrected chi connectivity index (χ4v) is 2.90. The lowest BCUT2D eigenvalue weighted by Gasteiger charge is -2.23. The summed E-state index contributed by atoms with van der Waals surface area (Å²) in [6.07, 6.45) is 2.66. The maximum absolute atomic E-state index is 9.10. The number of hydrogen-bond acceptors (Lipinski definition) is 5. The van der Waals surface area contributed by atoms with Gasteiger partial charge in [-0.3, -0.25) is 0 Å². The number of likely N-dealkylation sites (tertiary alicyclic amines) is 1. The Bertz CT molecular complexity index is 626. The van der Waals surface area contributed by atoms with Crippen LogP contribution in [0.15, 0.2) is 18.2 Å². The Kier molecular flexibility index (Phi) is 10.3. The summed E-state index contributed by atoms with van der Waals surface area (Å²) in [6.45, 7) is 12.0. The first kappa shape index (κ1) is 24.2. The van der Waals surface area contributed by atoms with Crippen LogP contribution in [0.1, 0.15) is 39.2 Å². The largest absolute Gasteiger partial charge is 0.491 e. The molecule has 2 N–H and O–H groups in total. The first-order valence-electron chi connectivity index (χ1n) is 9.30. The molecule has 7 nitrogen and oxygen atoms in total. The van der Waals surface area contributed by atoms with Crippen molar-refractivity contribution >= 4 is 23.5 Å². The lowest BCUT2D eigenvalue weighted by molar-refractivity contribution is -0.159. The fraction of sp³-hybridized carbons (Fsp3) is 0.600. The van der Waals surface area contributed by atoms with Crippen LogP contribution in [0.4, 0.5) is 0 Å². The third-order valence-electron chi connectivity index (χ3n) is 4.17. The van der Waals surface area contributed by atoms with Crippen LogP contribution < -0.4 is 4.74 Å². The molecule has 0 radical (unpaired) electrons. The van der Waals surface area contributed by atoms with Gasteiger partial charge in [0.2, 0.25) is 0 Å². The van der Waals surface area contributed by atoms with Crippen LogP contribution in [0, 0.1) is 0 Å². The van der Waals surface area contributed by atoms with Gasteiger partial charge in [-0.05, 0) is 49.5 Å². The number of halogens is 1. The van der Waals surface area contributed by atoms with E-state index in [4.69, 9.17) is 40.9 Å². The van der Waals surface area contributed by atoms with Gasteiger partial charge < -0.3 is 24.6 Å². The standard InChI is InChI=1S/C18H28ClNO2.C2H2O4/c1-18(2,3)16-14-15(19)6-7-17(16)22-13-12-21-11-10-20-8-4-5-9-20;3-1(4)2(5)6/h6-7,14H,4-5,8-13H2,1-3H3;(H,3,4)(H,5,6). The first-order valence-corrected chi connectivity index (χ1v) is 9.68. The second kappa shape index (κ2) is 11.9. The van der Waals surface area contributed by atoms with Crippen LogP contribution in [-0.4, -0.2) is 66.5 Å². The molecule has 0 atom stereocenters.